The van der Waals surface area contributed by atoms with Crippen molar-refractivity contribution in [2.45, 2.75) is 30.7 Å². The number of rotatable bonds is 6. The lowest BCUT2D eigenvalue weighted by atomic mass is 10.0. The van der Waals surface area contributed by atoms with E-state index >= 15 is 0 Å². The second-order valence-electron chi connectivity index (χ2n) is 4.96. The summed E-state index contributed by atoms with van der Waals surface area (Å²) in [6.07, 6.45) is 1.97. The zero-order valence-electron chi connectivity index (χ0n) is 11.7. The molecule has 0 aliphatic heterocycles. The number of hydrogen-bond acceptors (Lipinski definition) is 2. The van der Waals surface area contributed by atoms with Gasteiger partial charge in [-0.3, -0.25) is 0 Å². The summed E-state index contributed by atoms with van der Waals surface area (Å²) in [4.78, 5) is 1.30. The minimum absolute atomic E-state index is 0.00535. The lowest BCUT2D eigenvalue weighted by molar-refractivity contribution is 0.617. The van der Waals surface area contributed by atoms with E-state index in [2.05, 4.69) is 31.2 Å². The maximum absolute atomic E-state index is 12.8. The van der Waals surface area contributed by atoms with Crippen molar-refractivity contribution in [3.8, 4) is 0 Å². The third kappa shape index (κ3) is 4.66. The van der Waals surface area contributed by atoms with E-state index in [1.165, 1.54) is 22.6 Å². The normalized spacial score (nSPS) is 12.3. The Balaban J connectivity index is 1.72. The standard InChI is InChI=1S/C17H20FNS/c1-13-4-10-16(11-5-13)20-12-2-3-17(19)14-6-8-15(18)9-7-14/h4-11,17H,2-3,12,19H2,1H3. The van der Waals surface area contributed by atoms with Gasteiger partial charge in [0.2, 0.25) is 0 Å². The van der Waals surface area contributed by atoms with Gasteiger partial charge in [0.25, 0.3) is 0 Å². The fourth-order valence-electron chi connectivity index (χ4n) is 2.00. The molecule has 0 heterocycles. The maximum atomic E-state index is 12.8. The minimum atomic E-state index is -0.212. The van der Waals surface area contributed by atoms with Crippen LogP contribution in [0.4, 0.5) is 4.39 Å². The van der Waals surface area contributed by atoms with E-state index in [-0.39, 0.29) is 11.9 Å². The fraction of sp³-hybridized carbons (Fsp3) is 0.294. The molecule has 1 nitrogen and oxygen atoms in total. The molecule has 0 spiro atoms. The molecule has 0 saturated carbocycles. The molecule has 3 heteroatoms. The Morgan fingerprint density at radius 2 is 1.70 bits per heavy atom. The zero-order chi connectivity index (χ0) is 14.4. The summed E-state index contributed by atoms with van der Waals surface area (Å²) < 4.78 is 12.8. The Hall–Kier alpha value is -1.32. The summed E-state index contributed by atoms with van der Waals surface area (Å²) in [7, 11) is 0. The Bertz CT molecular complexity index is 522. The smallest absolute Gasteiger partial charge is 0.123 e. The number of nitrogens with two attached hydrogens (primary N) is 1. The lowest BCUT2D eigenvalue weighted by Gasteiger charge is -2.11. The molecule has 2 N–H and O–H groups in total. The molecule has 2 rings (SSSR count). The molecule has 0 fully saturated rings. The van der Waals surface area contributed by atoms with E-state index in [0.717, 1.165) is 24.2 Å². The van der Waals surface area contributed by atoms with Crippen molar-refractivity contribution >= 4 is 11.8 Å². The van der Waals surface area contributed by atoms with Crippen LogP contribution in [0.1, 0.15) is 30.0 Å². The molecular weight excluding hydrogens is 269 g/mol. The van der Waals surface area contributed by atoms with Gasteiger partial charge in [-0.05, 0) is 55.3 Å². The number of aryl methyl sites for hydroxylation is 1. The Kier molecular flexibility index (Phi) is 5.62. The summed E-state index contributed by atoms with van der Waals surface area (Å²) in [5.41, 5.74) is 8.40. The highest BCUT2D eigenvalue weighted by atomic mass is 32.2. The average molecular weight is 289 g/mol. The molecule has 0 radical (unpaired) electrons. The maximum Gasteiger partial charge on any atom is 0.123 e. The van der Waals surface area contributed by atoms with Gasteiger partial charge in [0.05, 0.1) is 0 Å². The molecule has 1 unspecified atom stereocenters. The van der Waals surface area contributed by atoms with E-state index < -0.39 is 0 Å². The van der Waals surface area contributed by atoms with Crippen molar-refractivity contribution in [2.75, 3.05) is 5.75 Å². The van der Waals surface area contributed by atoms with Crippen molar-refractivity contribution in [3.05, 3.63) is 65.5 Å². The van der Waals surface area contributed by atoms with Crippen molar-refractivity contribution in [3.63, 3.8) is 0 Å². The van der Waals surface area contributed by atoms with Crippen LogP contribution in [-0.4, -0.2) is 5.75 Å². The number of benzene rings is 2. The predicted molar refractivity (Wildman–Crippen MR) is 84.5 cm³/mol. The van der Waals surface area contributed by atoms with Crippen molar-refractivity contribution in [1.82, 2.24) is 0 Å². The number of halogens is 1. The summed E-state index contributed by atoms with van der Waals surface area (Å²) >= 11 is 1.85. The van der Waals surface area contributed by atoms with Gasteiger partial charge in [0, 0.05) is 10.9 Å². The van der Waals surface area contributed by atoms with Gasteiger partial charge in [-0.2, -0.15) is 0 Å². The van der Waals surface area contributed by atoms with Crippen LogP contribution in [0.25, 0.3) is 0 Å². The molecule has 0 amide bonds. The third-order valence-corrected chi connectivity index (χ3v) is 4.35. The second-order valence-corrected chi connectivity index (χ2v) is 6.13. The first-order valence-corrected chi connectivity index (χ1v) is 7.84. The highest BCUT2D eigenvalue weighted by molar-refractivity contribution is 7.99. The molecule has 0 aliphatic rings. The van der Waals surface area contributed by atoms with Gasteiger partial charge in [-0.25, -0.2) is 4.39 Å². The fourth-order valence-corrected chi connectivity index (χ4v) is 2.88. The summed E-state index contributed by atoms with van der Waals surface area (Å²) in [5.74, 6) is 0.841. The van der Waals surface area contributed by atoms with E-state index in [9.17, 15) is 4.39 Å². The SMILES string of the molecule is Cc1ccc(SCCCC(N)c2ccc(F)cc2)cc1. The first-order valence-electron chi connectivity index (χ1n) is 6.85. The molecule has 0 aromatic heterocycles. The monoisotopic (exact) mass is 289 g/mol. The lowest BCUT2D eigenvalue weighted by Crippen LogP contribution is -2.10. The van der Waals surface area contributed by atoms with Crippen LogP contribution in [0.5, 0.6) is 0 Å². The van der Waals surface area contributed by atoms with E-state index in [0.29, 0.717) is 0 Å². The van der Waals surface area contributed by atoms with Gasteiger partial charge in [0.15, 0.2) is 0 Å². The first kappa shape index (κ1) is 15.1. The molecule has 2 aromatic carbocycles. The van der Waals surface area contributed by atoms with Gasteiger partial charge < -0.3 is 5.73 Å². The Labute approximate surface area is 124 Å². The van der Waals surface area contributed by atoms with Crippen molar-refractivity contribution in [1.29, 1.82) is 0 Å². The van der Waals surface area contributed by atoms with Gasteiger partial charge in [-0.1, -0.05) is 29.8 Å². The second kappa shape index (κ2) is 7.46. The van der Waals surface area contributed by atoms with Crippen LogP contribution in [0.2, 0.25) is 0 Å². The van der Waals surface area contributed by atoms with E-state index in [1.54, 1.807) is 12.1 Å². The average Bonchev–Trinajstić information content (AvgIpc) is 2.46. The van der Waals surface area contributed by atoms with E-state index in [1.807, 2.05) is 11.8 Å². The molecule has 2 aromatic rings. The largest absolute Gasteiger partial charge is 0.324 e. The highest BCUT2D eigenvalue weighted by Crippen LogP contribution is 2.22. The third-order valence-electron chi connectivity index (χ3n) is 3.25. The molecule has 106 valence electrons. The zero-order valence-corrected chi connectivity index (χ0v) is 12.5. The molecule has 0 aliphatic carbocycles. The van der Waals surface area contributed by atoms with Crippen molar-refractivity contribution in [2.24, 2.45) is 5.73 Å². The van der Waals surface area contributed by atoms with Gasteiger partial charge in [-0.15, -0.1) is 11.8 Å². The Morgan fingerprint density at radius 1 is 1.05 bits per heavy atom. The van der Waals surface area contributed by atoms with Gasteiger partial charge in [0.1, 0.15) is 5.82 Å². The first-order chi connectivity index (χ1) is 9.65. The minimum Gasteiger partial charge on any atom is -0.324 e. The predicted octanol–water partition coefficient (Wildman–Crippen LogP) is 4.71. The quantitative estimate of drug-likeness (QED) is 0.616. The summed E-state index contributed by atoms with van der Waals surface area (Å²) in [5, 5.41) is 0. The molecule has 1 atom stereocenters. The summed E-state index contributed by atoms with van der Waals surface area (Å²) in [6.45, 7) is 2.09. The van der Waals surface area contributed by atoms with Crippen molar-refractivity contribution < 1.29 is 4.39 Å². The van der Waals surface area contributed by atoms with Crippen LogP contribution in [-0.2, 0) is 0 Å². The van der Waals surface area contributed by atoms with Gasteiger partial charge >= 0.3 is 0 Å². The molecule has 20 heavy (non-hydrogen) atoms. The highest BCUT2D eigenvalue weighted by Gasteiger charge is 2.05. The van der Waals surface area contributed by atoms with Crippen LogP contribution in [0, 0.1) is 12.7 Å². The molecule has 0 saturated heterocycles. The molecular formula is C17H20FNS. The van der Waals surface area contributed by atoms with Crippen LogP contribution in [0.15, 0.2) is 53.4 Å². The number of hydrogen-bond donors (Lipinski definition) is 1. The summed E-state index contributed by atoms with van der Waals surface area (Å²) in [6, 6.07) is 15.0. The van der Waals surface area contributed by atoms with Crippen LogP contribution < -0.4 is 5.73 Å². The van der Waals surface area contributed by atoms with E-state index in [4.69, 9.17) is 5.73 Å². The number of thioether (sulfide) groups is 1. The van der Waals surface area contributed by atoms with Crippen LogP contribution >= 0.6 is 11.8 Å². The van der Waals surface area contributed by atoms with Crippen LogP contribution in [0.3, 0.4) is 0 Å². The molecule has 0 bridgehead atoms. The topological polar surface area (TPSA) is 26.0 Å². The Morgan fingerprint density at radius 3 is 2.35 bits per heavy atom.